The van der Waals surface area contributed by atoms with Gasteiger partial charge in [-0.15, -0.1) is 4.33 Å². The Kier molecular flexibility index (Phi) is 22.4. The van der Waals surface area contributed by atoms with Gasteiger partial charge in [0.1, 0.15) is 0 Å². The highest BCUT2D eigenvalue weighted by Crippen LogP contribution is 2.12. The minimum Gasteiger partial charge on any atom is -0.204 e. The third kappa shape index (κ3) is 22.2. The zero-order valence-electron chi connectivity index (χ0n) is 15.4. The van der Waals surface area contributed by atoms with Gasteiger partial charge in [0.25, 0.3) is 0 Å². The van der Waals surface area contributed by atoms with Crippen LogP contribution in [0.2, 0.25) is 0 Å². The third-order valence-corrected chi connectivity index (χ3v) is 4.42. The van der Waals surface area contributed by atoms with E-state index in [4.69, 9.17) is 9.22 Å². The minimum absolute atomic E-state index is 0.555. The highest BCUT2D eigenvalue weighted by Gasteiger charge is 1.96. The fourth-order valence-electron chi connectivity index (χ4n) is 2.35. The van der Waals surface area contributed by atoms with E-state index in [-0.39, 0.29) is 0 Å². The SMILES string of the molecule is CCCCCCCCCOOOOSCCCCCCCCC. The topological polar surface area (TPSA) is 36.9 Å². The average molecular weight is 351 g/mol. The molecule has 0 aromatic carbocycles. The molecule has 0 aromatic heterocycles. The van der Waals surface area contributed by atoms with Crippen molar-refractivity contribution in [2.75, 3.05) is 12.4 Å². The Balaban J connectivity index is 2.92. The van der Waals surface area contributed by atoms with E-state index in [2.05, 4.69) is 23.9 Å². The lowest BCUT2D eigenvalue weighted by Gasteiger charge is -2.03. The van der Waals surface area contributed by atoms with Crippen LogP contribution in [0.15, 0.2) is 0 Å². The molecule has 0 rings (SSSR count). The lowest BCUT2D eigenvalue weighted by atomic mass is 10.1. The molecule has 0 spiro atoms. The molecule has 0 saturated heterocycles. The van der Waals surface area contributed by atoms with Crippen LogP contribution in [0.1, 0.15) is 104 Å². The first kappa shape index (κ1) is 23.2. The van der Waals surface area contributed by atoms with Crippen molar-refractivity contribution in [3.63, 3.8) is 0 Å². The van der Waals surface area contributed by atoms with E-state index < -0.39 is 0 Å². The molecule has 0 bridgehead atoms. The fourth-order valence-corrected chi connectivity index (χ4v) is 2.81. The summed E-state index contributed by atoms with van der Waals surface area (Å²) in [7, 11) is 0. The summed E-state index contributed by atoms with van der Waals surface area (Å²) in [4.78, 5) is 4.88. The normalized spacial score (nSPS) is 11.2. The molecule has 4 nitrogen and oxygen atoms in total. The van der Waals surface area contributed by atoms with Crippen molar-refractivity contribution in [3.8, 4) is 0 Å². The second kappa shape index (κ2) is 22.2. The van der Waals surface area contributed by atoms with Gasteiger partial charge in [0.15, 0.2) is 0 Å². The highest BCUT2D eigenvalue weighted by atomic mass is 32.2. The molecule has 0 aliphatic carbocycles. The lowest BCUT2D eigenvalue weighted by molar-refractivity contribution is -0.604. The highest BCUT2D eigenvalue weighted by molar-refractivity contribution is 7.94. The van der Waals surface area contributed by atoms with Crippen LogP contribution in [0.3, 0.4) is 0 Å². The number of hydrogen-bond donors (Lipinski definition) is 0. The Hall–Kier alpha value is 0.190. The summed E-state index contributed by atoms with van der Waals surface area (Å²) in [6, 6.07) is 0. The fraction of sp³-hybridized carbons (Fsp3) is 1.00. The zero-order chi connectivity index (χ0) is 16.8. The molecule has 0 radical (unpaired) electrons. The summed E-state index contributed by atoms with van der Waals surface area (Å²) in [6.07, 6.45) is 17.9. The molecule has 0 N–H and O–H groups in total. The molecule has 0 aliphatic rings. The molecule has 0 aliphatic heterocycles. The Morgan fingerprint density at radius 3 is 1.70 bits per heavy atom. The Morgan fingerprint density at radius 1 is 0.565 bits per heavy atom. The first-order valence-corrected chi connectivity index (χ1v) is 10.6. The van der Waals surface area contributed by atoms with Crippen LogP contribution in [0.4, 0.5) is 0 Å². The van der Waals surface area contributed by atoms with Crippen LogP contribution in [-0.2, 0) is 19.3 Å². The Labute approximate surface area is 148 Å². The summed E-state index contributed by atoms with van der Waals surface area (Å²) < 4.78 is 4.82. The minimum atomic E-state index is 0.555. The second-order valence-corrected chi connectivity index (χ2v) is 6.87. The third-order valence-electron chi connectivity index (χ3n) is 3.81. The molecule has 140 valence electrons. The molecule has 0 saturated carbocycles. The molecule has 23 heavy (non-hydrogen) atoms. The summed E-state index contributed by atoms with van der Waals surface area (Å²) in [5, 5.41) is 9.00. The van der Waals surface area contributed by atoms with Crippen molar-refractivity contribution in [1.82, 2.24) is 0 Å². The maximum atomic E-state index is 4.88. The number of rotatable bonds is 20. The van der Waals surface area contributed by atoms with Gasteiger partial charge in [0.2, 0.25) is 0 Å². The Morgan fingerprint density at radius 2 is 1.09 bits per heavy atom. The van der Waals surface area contributed by atoms with Crippen LogP contribution < -0.4 is 0 Å². The molecule has 5 heteroatoms. The maximum absolute atomic E-state index is 4.88. The first-order valence-electron chi connectivity index (χ1n) is 9.66. The van der Waals surface area contributed by atoms with Crippen LogP contribution in [0, 0.1) is 0 Å². The molecule has 0 aromatic rings. The standard InChI is InChI=1S/C18H38O4S/c1-3-5-7-9-11-13-15-17-19-20-21-22-23-18-16-14-12-10-8-6-4-2/h3-18H2,1-2H3. The molecular formula is C18H38O4S. The van der Waals surface area contributed by atoms with Gasteiger partial charge < -0.3 is 0 Å². The predicted octanol–water partition coefficient (Wildman–Crippen LogP) is 6.95. The van der Waals surface area contributed by atoms with Gasteiger partial charge in [-0.25, -0.2) is 4.89 Å². The van der Waals surface area contributed by atoms with E-state index in [0.717, 1.165) is 18.6 Å². The zero-order valence-corrected chi connectivity index (χ0v) is 16.2. The molecule has 0 amide bonds. The van der Waals surface area contributed by atoms with Crippen LogP contribution in [0.25, 0.3) is 0 Å². The van der Waals surface area contributed by atoms with E-state index >= 15 is 0 Å². The second-order valence-electron chi connectivity index (χ2n) is 6.09. The van der Waals surface area contributed by atoms with E-state index in [1.807, 2.05) is 0 Å². The molecular weight excluding hydrogens is 312 g/mol. The summed E-state index contributed by atoms with van der Waals surface area (Å²) in [6.45, 7) is 5.04. The van der Waals surface area contributed by atoms with E-state index in [9.17, 15) is 0 Å². The van der Waals surface area contributed by atoms with Crippen molar-refractivity contribution < 1.29 is 19.3 Å². The van der Waals surface area contributed by atoms with Crippen molar-refractivity contribution in [1.29, 1.82) is 0 Å². The predicted molar refractivity (Wildman–Crippen MR) is 97.7 cm³/mol. The van der Waals surface area contributed by atoms with Gasteiger partial charge in [-0.3, -0.25) is 0 Å². The van der Waals surface area contributed by atoms with Gasteiger partial charge >= 0.3 is 0 Å². The molecule has 0 fully saturated rings. The van der Waals surface area contributed by atoms with Crippen LogP contribution in [0.5, 0.6) is 0 Å². The van der Waals surface area contributed by atoms with Gasteiger partial charge in [0.05, 0.1) is 6.61 Å². The first-order chi connectivity index (χ1) is 11.4. The van der Waals surface area contributed by atoms with Gasteiger partial charge in [0, 0.05) is 17.8 Å². The lowest BCUT2D eigenvalue weighted by Crippen LogP contribution is -1.97. The summed E-state index contributed by atoms with van der Waals surface area (Å²) in [5.41, 5.74) is 0. The van der Waals surface area contributed by atoms with E-state index in [1.165, 1.54) is 89.1 Å². The average Bonchev–Trinajstić information content (AvgIpc) is 2.57. The monoisotopic (exact) mass is 350 g/mol. The molecule has 0 atom stereocenters. The van der Waals surface area contributed by atoms with Crippen molar-refractivity contribution in [3.05, 3.63) is 0 Å². The largest absolute Gasteiger partial charge is 0.204 e. The van der Waals surface area contributed by atoms with E-state index in [0.29, 0.717) is 6.61 Å². The van der Waals surface area contributed by atoms with Gasteiger partial charge in [-0.2, -0.15) is 0 Å². The van der Waals surface area contributed by atoms with Crippen molar-refractivity contribution >= 4 is 12.0 Å². The molecule has 0 heterocycles. The number of hydrogen-bond acceptors (Lipinski definition) is 5. The van der Waals surface area contributed by atoms with Crippen LogP contribution in [-0.4, -0.2) is 12.4 Å². The van der Waals surface area contributed by atoms with Crippen molar-refractivity contribution in [2.45, 2.75) is 104 Å². The Bertz CT molecular complexity index is 185. The summed E-state index contributed by atoms with van der Waals surface area (Å²) >= 11 is 1.27. The smallest absolute Gasteiger partial charge is 0.0854 e. The molecule has 0 unspecified atom stereocenters. The quantitative estimate of drug-likeness (QED) is 0.103. The van der Waals surface area contributed by atoms with E-state index in [1.54, 1.807) is 0 Å². The van der Waals surface area contributed by atoms with Gasteiger partial charge in [-0.1, -0.05) is 90.9 Å². The number of unbranched alkanes of at least 4 members (excludes halogenated alkanes) is 12. The van der Waals surface area contributed by atoms with Gasteiger partial charge in [-0.05, 0) is 22.9 Å². The van der Waals surface area contributed by atoms with Crippen molar-refractivity contribution in [2.24, 2.45) is 0 Å². The maximum Gasteiger partial charge on any atom is 0.0854 e. The van der Waals surface area contributed by atoms with Crippen LogP contribution >= 0.6 is 12.0 Å². The summed E-state index contributed by atoms with van der Waals surface area (Å²) in [5.74, 6) is 0.925.